The lowest BCUT2D eigenvalue weighted by molar-refractivity contribution is 0.295. The Bertz CT molecular complexity index is 352. The Morgan fingerprint density at radius 3 is 2.94 bits per heavy atom. The molecule has 1 aromatic rings. The molecule has 0 spiro atoms. The highest BCUT2D eigenvalue weighted by molar-refractivity contribution is 5.48. The van der Waals surface area contributed by atoms with E-state index in [9.17, 15) is 0 Å². The van der Waals surface area contributed by atoms with Crippen LogP contribution in [0.5, 0.6) is 11.5 Å². The first-order chi connectivity index (χ1) is 7.83. The third-order valence-electron chi connectivity index (χ3n) is 2.93. The maximum Gasteiger partial charge on any atom is 0.164 e. The lowest BCUT2D eigenvalue weighted by atomic mass is 9.96. The minimum atomic E-state index is 0.418. The molecule has 0 saturated heterocycles. The largest absolute Gasteiger partial charge is 0.490 e. The quantitative estimate of drug-likeness (QED) is 0.851. The molecule has 2 rings (SSSR count). The van der Waals surface area contributed by atoms with E-state index in [1.54, 1.807) is 0 Å². The number of hydrogen-bond donors (Lipinski definition) is 1. The van der Waals surface area contributed by atoms with E-state index in [-0.39, 0.29) is 0 Å². The fourth-order valence-electron chi connectivity index (χ4n) is 2.01. The van der Waals surface area contributed by atoms with Gasteiger partial charge in [-0.25, -0.2) is 0 Å². The van der Waals surface area contributed by atoms with Crippen LogP contribution in [-0.4, -0.2) is 19.8 Å². The van der Waals surface area contributed by atoms with E-state index in [0.29, 0.717) is 12.5 Å². The smallest absolute Gasteiger partial charge is 0.164 e. The molecule has 1 atom stereocenters. The van der Waals surface area contributed by atoms with Gasteiger partial charge in [-0.05, 0) is 24.9 Å². The maximum absolute atomic E-state index is 5.78. The summed E-state index contributed by atoms with van der Waals surface area (Å²) >= 11 is 0. The molecule has 88 valence electrons. The lowest BCUT2D eigenvalue weighted by Gasteiger charge is -2.17. The van der Waals surface area contributed by atoms with E-state index in [1.807, 2.05) is 12.1 Å². The van der Waals surface area contributed by atoms with Crippen molar-refractivity contribution in [2.24, 2.45) is 5.73 Å². The number of benzene rings is 1. The van der Waals surface area contributed by atoms with Gasteiger partial charge < -0.3 is 15.2 Å². The van der Waals surface area contributed by atoms with Crippen molar-refractivity contribution in [1.29, 1.82) is 0 Å². The number of para-hydroxylation sites is 1. The minimum absolute atomic E-state index is 0.418. The number of rotatable bonds is 3. The molecule has 1 aromatic carbocycles. The van der Waals surface area contributed by atoms with Crippen LogP contribution < -0.4 is 15.2 Å². The van der Waals surface area contributed by atoms with Crippen LogP contribution in [0.2, 0.25) is 0 Å². The van der Waals surface area contributed by atoms with E-state index >= 15 is 0 Å². The number of fused-ring (bicyclic) bond motifs is 1. The first-order valence-electron chi connectivity index (χ1n) is 5.91. The van der Waals surface area contributed by atoms with E-state index in [1.165, 1.54) is 5.56 Å². The topological polar surface area (TPSA) is 44.5 Å². The van der Waals surface area contributed by atoms with Crippen LogP contribution in [0.15, 0.2) is 18.2 Å². The molecule has 1 aliphatic heterocycles. The molecule has 0 bridgehead atoms. The summed E-state index contributed by atoms with van der Waals surface area (Å²) in [6, 6.07) is 6.10. The second-order valence-corrected chi connectivity index (χ2v) is 4.20. The van der Waals surface area contributed by atoms with Crippen molar-refractivity contribution in [2.45, 2.75) is 25.7 Å². The highest BCUT2D eigenvalue weighted by atomic mass is 16.5. The summed E-state index contributed by atoms with van der Waals surface area (Å²) in [5.74, 6) is 2.21. The van der Waals surface area contributed by atoms with E-state index in [0.717, 1.165) is 37.6 Å². The predicted molar refractivity (Wildman–Crippen MR) is 64.1 cm³/mol. The zero-order valence-electron chi connectivity index (χ0n) is 9.74. The van der Waals surface area contributed by atoms with Crippen LogP contribution >= 0.6 is 0 Å². The van der Waals surface area contributed by atoms with Crippen molar-refractivity contribution >= 4 is 0 Å². The van der Waals surface area contributed by atoms with E-state index < -0.39 is 0 Å². The molecule has 0 saturated carbocycles. The lowest BCUT2D eigenvalue weighted by Crippen LogP contribution is -2.06. The summed E-state index contributed by atoms with van der Waals surface area (Å²) in [5.41, 5.74) is 6.81. The summed E-state index contributed by atoms with van der Waals surface area (Å²) < 4.78 is 11.4. The van der Waals surface area contributed by atoms with Crippen LogP contribution in [0.3, 0.4) is 0 Å². The average molecular weight is 221 g/mol. The van der Waals surface area contributed by atoms with Gasteiger partial charge in [0.2, 0.25) is 0 Å². The Kier molecular flexibility index (Phi) is 3.67. The molecule has 3 nitrogen and oxygen atoms in total. The third kappa shape index (κ3) is 2.30. The monoisotopic (exact) mass is 221 g/mol. The molecule has 0 radical (unpaired) electrons. The molecular formula is C13H19NO2. The molecular weight excluding hydrogens is 202 g/mol. The van der Waals surface area contributed by atoms with Gasteiger partial charge in [0, 0.05) is 12.0 Å². The van der Waals surface area contributed by atoms with Gasteiger partial charge in [-0.3, -0.25) is 0 Å². The van der Waals surface area contributed by atoms with E-state index in [2.05, 4.69) is 13.0 Å². The predicted octanol–water partition coefficient (Wildman–Crippen LogP) is 2.30. The van der Waals surface area contributed by atoms with Gasteiger partial charge >= 0.3 is 0 Å². The van der Waals surface area contributed by atoms with Gasteiger partial charge in [0.1, 0.15) is 0 Å². The fraction of sp³-hybridized carbons (Fsp3) is 0.538. The first-order valence-corrected chi connectivity index (χ1v) is 5.91. The second-order valence-electron chi connectivity index (χ2n) is 4.20. The fourth-order valence-corrected chi connectivity index (χ4v) is 2.01. The molecule has 2 N–H and O–H groups in total. The molecule has 0 amide bonds. The van der Waals surface area contributed by atoms with E-state index in [4.69, 9.17) is 15.2 Å². The highest BCUT2D eigenvalue weighted by Gasteiger charge is 2.17. The maximum atomic E-state index is 5.78. The van der Waals surface area contributed by atoms with Crippen LogP contribution in [0.25, 0.3) is 0 Å². The minimum Gasteiger partial charge on any atom is -0.490 e. The van der Waals surface area contributed by atoms with Gasteiger partial charge in [0.15, 0.2) is 11.5 Å². The SMILES string of the molecule is CC(CCN)c1cccc2c1OCCCO2. The summed E-state index contributed by atoms with van der Waals surface area (Å²) in [6.07, 6.45) is 1.92. The first kappa shape index (κ1) is 11.3. The van der Waals surface area contributed by atoms with Gasteiger partial charge in [0.05, 0.1) is 13.2 Å². The Morgan fingerprint density at radius 1 is 1.31 bits per heavy atom. The molecule has 1 unspecified atom stereocenters. The second kappa shape index (κ2) is 5.21. The molecule has 0 aliphatic carbocycles. The van der Waals surface area contributed by atoms with Crippen LogP contribution in [0, 0.1) is 0 Å². The standard InChI is InChI=1S/C13H19NO2/c1-10(6-7-14)11-4-2-5-12-13(11)16-9-3-8-15-12/h2,4-5,10H,3,6-9,14H2,1H3. The van der Waals surface area contributed by atoms with Gasteiger partial charge in [-0.15, -0.1) is 0 Å². The van der Waals surface area contributed by atoms with Crippen molar-refractivity contribution in [3.05, 3.63) is 23.8 Å². The molecule has 16 heavy (non-hydrogen) atoms. The van der Waals surface area contributed by atoms with Crippen molar-refractivity contribution in [1.82, 2.24) is 0 Å². The Labute approximate surface area is 96.5 Å². The van der Waals surface area contributed by atoms with Crippen LogP contribution in [0.4, 0.5) is 0 Å². The average Bonchev–Trinajstić information content (AvgIpc) is 2.53. The summed E-state index contributed by atoms with van der Waals surface area (Å²) in [7, 11) is 0. The number of ether oxygens (including phenoxy) is 2. The summed E-state index contributed by atoms with van der Waals surface area (Å²) in [4.78, 5) is 0. The van der Waals surface area contributed by atoms with Gasteiger partial charge in [-0.2, -0.15) is 0 Å². The van der Waals surface area contributed by atoms with Crippen LogP contribution in [0.1, 0.15) is 31.2 Å². The van der Waals surface area contributed by atoms with Crippen LogP contribution in [-0.2, 0) is 0 Å². The van der Waals surface area contributed by atoms with Crippen molar-refractivity contribution in [2.75, 3.05) is 19.8 Å². The Morgan fingerprint density at radius 2 is 2.12 bits per heavy atom. The molecule has 3 heteroatoms. The zero-order valence-corrected chi connectivity index (χ0v) is 9.74. The van der Waals surface area contributed by atoms with Crippen molar-refractivity contribution in [3.8, 4) is 11.5 Å². The Balaban J connectivity index is 2.30. The molecule has 0 fully saturated rings. The summed E-state index contributed by atoms with van der Waals surface area (Å²) in [5, 5.41) is 0. The molecule has 1 aliphatic rings. The number of nitrogens with two attached hydrogens (primary N) is 1. The third-order valence-corrected chi connectivity index (χ3v) is 2.93. The Hall–Kier alpha value is -1.22. The number of hydrogen-bond acceptors (Lipinski definition) is 3. The molecule has 1 heterocycles. The highest BCUT2D eigenvalue weighted by Crippen LogP contribution is 2.37. The molecule has 0 aromatic heterocycles. The van der Waals surface area contributed by atoms with Gasteiger partial charge in [-0.1, -0.05) is 19.1 Å². The zero-order chi connectivity index (χ0) is 11.4. The van der Waals surface area contributed by atoms with Crippen molar-refractivity contribution < 1.29 is 9.47 Å². The van der Waals surface area contributed by atoms with Crippen molar-refractivity contribution in [3.63, 3.8) is 0 Å². The summed E-state index contributed by atoms with van der Waals surface area (Å²) in [6.45, 7) is 4.35. The normalized spacial score (nSPS) is 16.6. The van der Waals surface area contributed by atoms with Gasteiger partial charge in [0.25, 0.3) is 0 Å².